The Morgan fingerprint density at radius 2 is 2.10 bits per heavy atom. The summed E-state index contributed by atoms with van der Waals surface area (Å²) in [4.78, 5) is 6.40. The van der Waals surface area contributed by atoms with Crippen LogP contribution in [0.4, 0.5) is 0 Å². The summed E-state index contributed by atoms with van der Waals surface area (Å²) in [6.45, 7) is 3.40. The van der Waals surface area contributed by atoms with Gasteiger partial charge in [-0.05, 0) is 12.1 Å². The van der Waals surface area contributed by atoms with Gasteiger partial charge in [0.25, 0.3) is 0 Å². The summed E-state index contributed by atoms with van der Waals surface area (Å²) in [6.07, 6.45) is 1.92. The van der Waals surface area contributed by atoms with Crippen molar-refractivity contribution in [1.82, 2.24) is 19.5 Å². The Labute approximate surface area is 133 Å². The van der Waals surface area contributed by atoms with Crippen LogP contribution in [0.5, 0.6) is 0 Å². The first-order valence-electron chi connectivity index (χ1n) is 6.26. The number of guanidine groups is 1. The maximum Gasteiger partial charge on any atom is 0.191 e. The highest BCUT2D eigenvalue weighted by Crippen LogP contribution is 2.04. The Morgan fingerprint density at radius 3 is 2.90 bits per heavy atom. The molecule has 2 N–H and O–H groups in total. The van der Waals surface area contributed by atoms with Gasteiger partial charge in [-0.15, -0.1) is 34.2 Å². The number of hydrogen-bond donors (Lipinski definition) is 1. The van der Waals surface area contributed by atoms with Crippen molar-refractivity contribution in [3.63, 3.8) is 0 Å². The largest absolute Gasteiger partial charge is 0.378 e. The van der Waals surface area contributed by atoms with Gasteiger partial charge in [0.15, 0.2) is 17.4 Å². The Balaban J connectivity index is 0.00000147. The summed E-state index contributed by atoms with van der Waals surface area (Å²) >= 11 is 0. The van der Waals surface area contributed by atoms with Gasteiger partial charge in [0, 0.05) is 19.3 Å². The van der Waals surface area contributed by atoms with Crippen LogP contribution < -0.4 is 5.73 Å². The second kappa shape index (κ2) is 6.84. The summed E-state index contributed by atoms with van der Waals surface area (Å²) in [5.74, 6) is 1.32. The van der Waals surface area contributed by atoms with E-state index in [1.54, 1.807) is 0 Å². The van der Waals surface area contributed by atoms with Crippen LogP contribution in [0, 0.1) is 0 Å². The number of nitrogens with zero attached hydrogens (tertiary/aromatic N) is 5. The first-order valence-corrected chi connectivity index (χ1v) is 6.26. The van der Waals surface area contributed by atoms with Crippen molar-refractivity contribution in [2.45, 2.75) is 6.54 Å². The first kappa shape index (κ1) is 15.0. The number of pyridine rings is 1. The van der Waals surface area contributed by atoms with Crippen LogP contribution in [-0.4, -0.2) is 51.8 Å². The molecular formula is C12H17IN6O. The number of rotatable bonds is 2. The third-order valence-corrected chi connectivity index (χ3v) is 3.10. The Morgan fingerprint density at radius 1 is 1.30 bits per heavy atom. The molecule has 2 aromatic rings. The zero-order chi connectivity index (χ0) is 13.1. The van der Waals surface area contributed by atoms with Crippen molar-refractivity contribution in [3.05, 3.63) is 30.2 Å². The molecule has 3 heterocycles. The molecule has 1 aliphatic heterocycles. The summed E-state index contributed by atoms with van der Waals surface area (Å²) in [5.41, 5.74) is 6.79. The van der Waals surface area contributed by atoms with E-state index in [2.05, 4.69) is 15.2 Å². The number of fused-ring (bicyclic) bond motifs is 1. The van der Waals surface area contributed by atoms with Crippen LogP contribution in [0.2, 0.25) is 0 Å². The van der Waals surface area contributed by atoms with Gasteiger partial charge >= 0.3 is 0 Å². The van der Waals surface area contributed by atoms with E-state index >= 15 is 0 Å². The number of halogens is 1. The lowest BCUT2D eigenvalue weighted by Crippen LogP contribution is -2.44. The Bertz CT molecular complexity index is 592. The fraction of sp³-hybridized carbons (Fsp3) is 0.417. The van der Waals surface area contributed by atoms with E-state index in [0.717, 1.165) is 24.6 Å². The minimum Gasteiger partial charge on any atom is -0.378 e. The number of morpholine rings is 1. The van der Waals surface area contributed by atoms with Gasteiger partial charge in [0.1, 0.15) is 6.54 Å². The summed E-state index contributed by atoms with van der Waals surface area (Å²) in [6, 6.07) is 5.78. The topological polar surface area (TPSA) is 81.0 Å². The predicted molar refractivity (Wildman–Crippen MR) is 86.1 cm³/mol. The molecular weight excluding hydrogens is 371 g/mol. The maximum atomic E-state index is 5.97. The van der Waals surface area contributed by atoms with Crippen LogP contribution in [0.1, 0.15) is 5.82 Å². The van der Waals surface area contributed by atoms with E-state index in [4.69, 9.17) is 10.5 Å². The molecule has 0 spiro atoms. The lowest BCUT2D eigenvalue weighted by Gasteiger charge is -2.27. The van der Waals surface area contributed by atoms with Crippen LogP contribution in [0.3, 0.4) is 0 Å². The van der Waals surface area contributed by atoms with Gasteiger partial charge in [-0.1, -0.05) is 6.07 Å². The molecule has 108 valence electrons. The molecule has 0 aromatic carbocycles. The monoisotopic (exact) mass is 388 g/mol. The zero-order valence-electron chi connectivity index (χ0n) is 11.0. The smallest absolute Gasteiger partial charge is 0.191 e. The van der Waals surface area contributed by atoms with Crippen molar-refractivity contribution in [2.75, 3.05) is 26.3 Å². The third-order valence-electron chi connectivity index (χ3n) is 3.10. The van der Waals surface area contributed by atoms with Gasteiger partial charge in [-0.25, -0.2) is 4.99 Å². The van der Waals surface area contributed by atoms with Crippen molar-refractivity contribution >= 4 is 35.6 Å². The highest BCUT2D eigenvalue weighted by atomic mass is 127. The molecule has 0 unspecified atom stereocenters. The predicted octanol–water partition coefficient (Wildman–Crippen LogP) is 0.494. The van der Waals surface area contributed by atoms with Crippen molar-refractivity contribution in [2.24, 2.45) is 10.7 Å². The highest BCUT2D eigenvalue weighted by molar-refractivity contribution is 14.0. The molecule has 0 atom stereocenters. The van der Waals surface area contributed by atoms with Crippen LogP contribution in [0.25, 0.3) is 5.65 Å². The molecule has 3 rings (SSSR count). The van der Waals surface area contributed by atoms with Gasteiger partial charge in [0.2, 0.25) is 0 Å². The molecule has 1 aliphatic rings. The van der Waals surface area contributed by atoms with Crippen molar-refractivity contribution < 1.29 is 4.74 Å². The van der Waals surface area contributed by atoms with E-state index in [1.807, 2.05) is 33.7 Å². The maximum absolute atomic E-state index is 5.97. The Hall–Kier alpha value is -1.42. The molecule has 7 nitrogen and oxygen atoms in total. The third kappa shape index (κ3) is 3.18. The van der Waals surface area contributed by atoms with E-state index in [0.29, 0.717) is 25.7 Å². The normalized spacial score (nSPS) is 16.2. The SMILES string of the molecule is I.NC(=NCc1nnc2ccccn12)N1CCOCC1. The molecule has 1 saturated heterocycles. The number of hydrogen-bond acceptors (Lipinski definition) is 4. The fourth-order valence-electron chi connectivity index (χ4n) is 2.04. The fourth-order valence-corrected chi connectivity index (χ4v) is 2.04. The molecule has 0 saturated carbocycles. The van der Waals surface area contributed by atoms with Gasteiger partial charge in [-0.2, -0.15) is 0 Å². The summed E-state index contributed by atoms with van der Waals surface area (Å²) < 4.78 is 7.19. The highest BCUT2D eigenvalue weighted by Gasteiger charge is 2.12. The van der Waals surface area contributed by atoms with Gasteiger partial charge < -0.3 is 15.4 Å². The summed E-state index contributed by atoms with van der Waals surface area (Å²) in [7, 11) is 0. The Kier molecular flexibility index (Phi) is 5.12. The van der Waals surface area contributed by atoms with Crippen molar-refractivity contribution in [1.29, 1.82) is 0 Å². The van der Waals surface area contributed by atoms with Crippen molar-refractivity contribution in [3.8, 4) is 0 Å². The average Bonchev–Trinajstić information content (AvgIpc) is 2.89. The number of aromatic nitrogens is 3. The van der Waals surface area contributed by atoms with Crippen LogP contribution in [0.15, 0.2) is 29.4 Å². The second-order valence-electron chi connectivity index (χ2n) is 4.32. The van der Waals surface area contributed by atoms with E-state index in [9.17, 15) is 0 Å². The average molecular weight is 388 g/mol. The summed E-state index contributed by atoms with van der Waals surface area (Å²) in [5, 5.41) is 8.20. The lowest BCUT2D eigenvalue weighted by molar-refractivity contribution is 0.0674. The molecule has 0 amide bonds. The van der Waals surface area contributed by atoms with Gasteiger partial charge in [-0.3, -0.25) is 4.40 Å². The molecule has 0 bridgehead atoms. The molecule has 2 aromatic heterocycles. The number of nitrogens with two attached hydrogens (primary N) is 1. The number of ether oxygens (including phenoxy) is 1. The van der Waals surface area contributed by atoms with Gasteiger partial charge in [0.05, 0.1) is 13.2 Å². The van der Waals surface area contributed by atoms with Crippen LogP contribution in [-0.2, 0) is 11.3 Å². The minimum absolute atomic E-state index is 0. The molecule has 20 heavy (non-hydrogen) atoms. The van der Waals surface area contributed by atoms with E-state index < -0.39 is 0 Å². The molecule has 0 radical (unpaired) electrons. The molecule has 8 heteroatoms. The second-order valence-corrected chi connectivity index (χ2v) is 4.32. The zero-order valence-corrected chi connectivity index (χ0v) is 13.3. The van der Waals surface area contributed by atoms with Crippen LogP contribution >= 0.6 is 24.0 Å². The van der Waals surface area contributed by atoms with E-state index in [-0.39, 0.29) is 24.0 Å². The lowest BCUT2D eigenvalue weighted by atomic mass is 10.4. The minimum atomic E-state index is 0. The standard InChI is InChI=1S/C12H16N6O.HI/c13-12(17-5-7-19-8-6-17)14-9-11-16-15-10-3-1-2-4-18(10)11;/h1-4H,5-9H2,(H2,13,14);1H. The number of aliphatic imine (C=N–C) groups is 1. The first-order chi connectivity index (χ1) is 9.34. The van der Waals surface area contributed by atoms with E-state index in [1.165, 1.54) is 0 Å². The molecule has 1 fully saturated rings. The molecule has 0 aliphatic carbocycles. The quantitative estimate of drug-likeness (QED) is 0.460.